The molecule has 28 heavy (non-hydrogen) atoms. The van der Waals surface area contributed by atoms with Crippen molar-refractivity contribution in [1.29, 1.82) is 0 Å². The fourth-order valence-electron chi connectivity index (χ4n) is 2.76. The molecule has 0 aliphatic carbocycles. The summed E-state index contributed by atoms with van der Waals surface area (Å²) in [4.78, 5) is 50.1. The number of carbonyl (C=O) groups is 4. The Morgan fingerprint density at radius 3 is 1.46 bits per heavy atom. The first kappa shape index (κ1) is 23.1. The Morgan fingerprint density at radius 2 is 1.14 bits per heavy atom. The van der Waals surface area contributed by atoms with E-state index in [1.165, 1.54) is 0 Å². The van der Waals surface area contributed by atoms with Crippen molar-refractivity contribution in [3.63, 3.8) is 0 Å². The number of anilines is 2. The number of pyridine rings is 1. The highest BCUT2D eigenvalue weighted by Gasteiger charge is 2.26. The van der Waals surface area contributed by atoms with Gasteiger partial charge < -0.3 is 20.8 Å². The molecule has 1 heterocycles. The number of carboxylic acid groups (broad SMARTS) is 2. The van der Waals surface area contributed by atoms with Crippen LogP contribution in [-0.2, 0) is 19.2 Å². The van der Waals surface area contributed by atoms with Gasteiger partial charge in [-0.3, -0.25) is 19.2 Å². The van der Waals surface area contributed by atoms with Gasteiger partial charge in [0, 0.05) is 12.8 Å². The van der Waals surface area contributed by atoms with Gasteiger partial charge in [0.25, 0.3) is 0 Å². The molecule has 9 nitrogen and oxygen atoms in total. The van der Waals surface area contributed by atoms with Crippen LogP contribution in [0, 0.1) is 10.8 Å². The highest BCUT2D eigenvalue weighted by atomic mass is 16.4. The normalized spacial score (nSPS) is 11.6. The Balaban J connectivity index is 2.69. The molecule has 0 aliphatic heterocycles. The summed E-state index contributed by atoms with van der Waals surface area (Å²) in [6, 6.07) is 4.70. The van der Waals surface area contributed by atoms with Crippen molar-refractivity contribution in [2.45, 2.75) is 53.4 Å². The Hall–Kier alpha value is -2.97. The number of hydrogen-bond donors (Lipinski definition) is 4. The van der Waals surface area contributed by atoms with Crippen LogP contribution in [0.4, 0.5) is 11.6 Å². The van der Waals surface area contributed by atoms with Crippen LogP contribution < -0.4 is 10.6 Å². The fraction of sp³-hybridized carbons (Fsp3) is 0.526. The van der Waals surface area contributed by atoms with Gasteiger partial charge in [-0.15, -0.1) is 0 Å². The number of aromatic nitrogens is 1. The van der Waals surface area contributed by atoms with Crippen molar-refractivity contribution in [1.82, 2.24) is 4.98 Å². The van der Waals surface area contributed by atoms with Crippen LogP contribution in [0.3, 0.4) is 0 Å². The molecule has 0 fully saturated rings. The number of hydrogen-bond acceptors (Lipinski definition) is 5. The van der Waals surface area contributed by atoms with Crippen molar-refractivity contribution in [2.75, 3.05) is 10.6 Å². The Labute approximate surface area is 163 Å². The predicted molar refractivity (Wildman–Crippen MR) is 103 cm³/mol. The zero-order chi connectivity index (χ0) is 21.5. The predicted octanol–water partition coefficient (Wildman–Crippen LogP) is 2.74. The first-order chi connectivity index (χ1) is 12.8. The zero-order valence-corrected chi connectivity index (χ0v) is 16.5. The van der Waals surface area contributed by atoms with Gasteiger partial charge >= 0.3 is 11.9 Å². The number of carboxylic acids is 2. The van der Waals surface area contributed by atoms with Crippen molar-refractivity contribution < 1.29 is 29.4 Å². The van der Waals surface area contributed by atoms with Crippen molar-refractivity contribution >= 4 is 35.4 Å². The second-order valence-electron chi connectivity index (χ2n) is 8.33. The molecule has 2 amide bonds. The van der Waals surface area contributed by atoms with E-state index in [2.05, 4.69) is 15.6 Å². The quantitative estimate of drug-likeness (QED) is 0.478. The summed E-state index contributed by atoms with van der Waals surface area (Å²) in [5, 5.41) is 22.9. The minimum absolute atomic E-state index is 0.000937. The fourth-order valence-corrected chi connectivity index (χ4v) is 2.76. The van der Waals surface area contributed by atoms with Crippen LogP contribution >= 0.6 is 0 Å². The third-order valence-electron chi connectivity index (χ3n) is 3.82. The van der Waals surface area contributed by atoms with Crippen LogP contribution in [0.15, 0.2) is 18.2 Å². The molecular weight excluding hydrogens is 366 g/mol. The average molecular weight is 393 g/mol. The van der Waals surface area contributed by atoms with E-state index in [0.29, 0.717) is 0 Å². The van der Waals surface area contributed by atoms with E-state index in [4.69, 9.17) is 10.2 Å². The average Bonchev–Trinajstić information content (AvgIpc) is 2.42. The zero-order valence-electron chi connectivity index (χ0n) is 16.5. The molecule has 1 rings (SSSR count). The minimum atomic E-state index is -0.980. The van der Waals surface area contributed by atoms with Gasteiger partial charge in [0.1, 0.15) is 11.6 Å². The van der Waals surface area contributed by atoms with Crippen LogP contribution in [0.2, 0.25) is 0 Å². The third-order valence-corrected chi connectivity index (χ3v) is 3.82. The Morgan fingerprint density at radius 1 is 0.786 bits per heavy atom. The van der Waals surface area contributed by atoms with Crippen molar-refractivity contribution in [3.8, 4) is 0 Å². The lowest BCUT2D eigenvalue weighted by molar-refractivity contribution is -0.141. The second kappa shape index (κ2) is 9.29. The molecule has 0 bridgehead atoms. The van der Waals surface area contributed by atoms with Crippen LogP contribution in [0.1, 0.15) is 53.4 Å². The van der Waals surface area contributed by atoms with Gasteiger partial charge in [0.15, 0.2) is 0 Å². The summed E-state index contributed by atoms with van der Waals surface area (Å²) in [5.74, 6) is -2.29. The number of aliphatic carboxylic acids is 2. The summed E-state index contributed by atoms with van der Waals surface area (Å²) in [7, 11) is 0. The summed E-state index contributed by atoms with van der Waals surface area (Å²) < 4.78 is 0. The monoisotopic (exact) mass is 393 g/mol. The number of rotatable bonds is 10. The molecule has 0 atom stereocenters. The van der Waals surface area contributed by atoms with E-state index in [9.17, 15) is 19.2 Å². The molecule has 1 aromatic heterocycles. The molecule has 4 N–H and O–H groups in total. The molecule has 9 heteroatoms. The largest absolute Gasteiger partial charge is 0.481 e. The van der Waals surface area contributed by atoms with Gasteiger partial charge in [0.2, 0.25) is 11.8 Å². The number of nitrogens with one attached hydrogen (secondary N) is 2. The van der Waals surface area contributed by atoms with Gasteiger partial charge in [-0.1, -0.05) is 33.8 Å². The van der Waals surface area contributed by atoms with E-state index in [0.717, 1.165) is 0 Å². The standard InChI is InChI=1S/C19H27N3O6/c1-18(2,10-16(25)26)8-14(23)21-12-6-5-7-13(20-12)22-15(24)9-19(3,4)11-17(27)28/h5-7H,8-11H2,1-4H3,(H,25,26)(H,27,28)(H2,20,21,22,23,24). The first-order valence-corrected chi connectivity index (χ1v) is 8.78. The molecular formula is C19H27N3O6. The maximum atomic E-state index is 12.1. The van der Waals surface area contributed by atoms with E-state index < -0.39 is 22.8 Å². The number of amides is 2. The van der Waals surface area contributed by atoms with Crippen LogP contribution in [0.5, 0.6) is 0 Å². The van der Waals surface area contributed by atoms with Gasteiger partial charge in [-0.25, -0.2) is 4.98 Å². The molecule has 1 aromatic rings. The smallest absolute Gasteiger partial charge is 0.303 e. The lowest BCUT2D eigenvalue weighted by atomic mass is 9.85. The molecule has 154 valence electrons. The van der Waals surface area contributed by atoms with Gasteiger partial charge in [-0.2, -0.15) is 0 Å². The lowest BCUT2D eigenvalue weighted by Gasteiger charge is -2.22. The van der Waals surface area contributed by atoms with E-state index >= 15 is 0 Å². The summed E-state index contributed by atoms with van der Waals surface area (Å²) >= 11 is 0. The summed E-state index contributed by atoms with van der Waals surface area (Å²) in [5.41, 5.74) is -1.42. The Bertz CT molecular complexity index is 699. The topological polar surface area (TPSA) is 146 Å². The van der Waals surface area contributed by atoms with E-state index in [-0.39, 0.29) is 49.1 Å². The van der Waals surface area contributed by atoms with Crippen LogP contribution in [0.25, 0.3) is 0 Å². The molecule has 0 spiro atoms. The molecule has 0 aliphatic rings. The van der Waals surface area contributed by atoms with Crippen LogP contribution in [-0.4, -0.2) is 39.0 Å². The molecule has 0 saturated heterocycles. The maximum Gasteiger partial charge on any atom is 0.303 e. The summed E-state index contributed by atoms with van der Waals surface area (Å²) in [6.07, 6.45) is -0.284. The van der Waals surface area contributed by atoms with E-state index in [1.807, 2.05) is 0 Å². The first-order valence-electron chi connectivity index (χ1n) is 8.78. The van der Waals surface area contributed by atoms with Gasteiger partial charge in [-0.05, 0) is 23.0 Å². The molecule has 0 radical (unpaired) electrons. The minimum Gasteiger partial charge on any atom is -0.481 e. The molecule has 0 aromatic carbocycles. The van der Waals surface area contributed by atoms with E-state index in [1.54, 1.807) is 45.9 Å². The Kier molecular flexibility index (Phi) is 7.66. The SMILES string of the molecule is CC(C)(CC(=O)O)CC(=O)Nc1cccc(NC(=O)CC(C)(C)CC(=O)O)n1. The van der Waals surface area contributed by atoms with Crippen molar-refractivity contribution in [3.05, 3.63) is 18.2 Å². The maximum absolute atomic E-state index is 12.1. The second-order valence-corrected chi connectivity index (χ2v) is 8.33. The highest BCUT2D eigenvalue weighted by Crippen LogP contribution is 2.26. The molecule has 0 saturated carbocycles. The molecule has 0 unspecified atom stereocenters. The highest BCUT2D eigenvalue weighted by molar-refractivity contribution is 5.92. The number of nitrogens with zero attached hydrogens (tertiary/aromatic N) is 1. The van der Waals surface area contributed by atoms with Gasteiger partial charge in [0.05, 0.1) is 12.8 Å². The van der Waals surface area contributed by atoms with Crippen molar-refractivity contribution in [2.24, 2.45) is 10.8 Å². The number of carbonyl (C=O) groups excluding carboxylic acids is 2. The third kappa shape index (κ3) is 9.11. The summed E-state index contributed by atoms with van der Waals surface area (Å²) in [6.45, 7) is 6.74. The lowest BCUT2D eigenvalue weighted by Crippen LogP contribution is -2.26.